The molecule has 1 N–H and O–H groups in total. The molecule has 1 aromatic carbocycles. The first kappa shape index (κ1) is 14.8. The van der Waals surface area contributed by atoms with Crippen molar-refractivity contribution >= 4 is 21.9 Å². The zero-order valence-corrected chi connectivity index (χ0v) is 13.5. The van der Waals surface area contributed by atoms with Gasteiger partial charge in [0.05, 0.1) is 10.7 Å². The number of hydrogen-bond acceptors (Lipinski definition) is 4. The Labute approximate surface area is 127 Å². The van der Waals surface area contributed by atoms with Gasteiger partial charge in [0, 0.05) is 6.54 Å². The van der Waals surface area contributed by atoms with E-state index in [1.165, 1.54) is 0 Å². The van der Waals surface area contributed by atoms with Gasteiger partial charge in [-0.05, 0) is 53.4 Å². The molecule has 4 nitrogen and oxygen atoms in total. The van der Waals surface area contributed by atoms with Gasteiger partial charge in [-0.1, -0.05) is 19.1 Å². The van der Waals surface area contributed by atoms with Gasteiger partial charge >= 0.3 is 0 Å². The van der Waals surface area contributed by atoms with Crippen LogP contribution in [0.2, 0.25) is 0 Å². The quantitative estimate of drug-likeness (QED) is 0.875. The predicted molar refractivity (Wildman–Crippen MR) is 84.5 cm³/mol. The molecule has 106 valence electrons. The summed E-state index contributed by atoms with van der Waals surface area (Å²) in [7, 11) is 0. The highest BCUT2D eigenvalue weighted by molar-refractivity contribution is 9.10. The Balaban J connectivity index is 2.25. The average molecular weight is 336 g/mol. The number of nitrogens with zero attached hydrogens (tertiary/aromatic N) is 2. The molecule has 0 spiro atoms. The van der Waals surface area contributed by atoms with Crippen LogP contribution >= 0.6 is 15.9 Å². The molecule has 1 heterocycles. The molecule has 2 rings (SSSR count). The van der Waals surface area contributed by atoms with Crippen molar-refractivity contribution in [3.63, 3.8) is 0 Å². The van der Waals surface area contributed by atoms with Crippen LogP contribution in [-0.4, -0.2) is 16.5 Å². The number of rotatable bonds is 5. The van der Waals surface area contributed by atoms with Crippen molar-refractivity contribution in [1.82, 2.24) is 9.97 Å². The molecule has 1 aromatic heterocycles. The van der Waals surface area contributed by atoms with E-state index in [1.807, 2.05) is 26.0 Å². The Morgan fingerprint density at radius 2 is 2.10 bits per heavy atom. The fourth-order valence-electron chi connectivity index (χ4n) is 1.67. The summed E-state index contributed by atoms with van der Waals surface area (Å²) in [6.45, 7) is 6.99. The Morgan fingerprint density at radius 1 is 1.30 bits per heavy atom. The lowest BCUT2D eigenvalue weighted by Crippen LogP contribution is -2.05. The smallest absolute Gasteiger partial charge is 0.238 e. The van der Waals surface area contributed by atoms with E-state index >= 15 is 0 Å². The summed E-state index contributed by atoms with van der Waals surface area (Å²) in [5.74, 6) is 1.91. The van der Waals surface area contributed by atoms with Gasteiger partial charge in [-0.25, -0.2) is 4.98 Å². The maximum Gasteiger partial charge on any atom is 0.238 e. The summed E-state index contributed by atoms with van der Waals surface area (Å²) in [6, 6.07) is 6.10. The van der Waals surface area contributed by atoms with E-state index in [9.17, 15) is 0 Å². The Bertz CT molecular complexity index is 602. The van der Waals surface area contributed by atoms with E-state index in [2.05, 4.69) is 44.2 Å². The topological polar surface area (TPSA) is 47.0 Å². The number of aryl methyl sites for hydroxylation is 2. The minimum absolute atomic E-state index is 0.521. The summed E-state index contributed by atoms with van der Waals surface area (Å²) in [6.07, 6.45) is 2.72. The fourth-order valence-corrected chi connectivity index (χ4v) is 1.94. The van der Waals surface area contributed by atoms with E-state index in [4.69, 9.17) is 4.74 Å². The van der Waals surface area contributed by atoms with Gasteiger partial charge < -0.3 is 10.1 Å². The number of anilines is 1. The Morgan fingerprint density at radius 3 is 2.85 bits per heavy atom. The second-order valence-corrected chi connectivity index (χ2v) is 5.50. The molecule has 0 radical (unpaired) electrons. The van der Waals surface area contributed by atoms with Crippen LogP contribution in [0.4, 0.5) is 5.95 Å². The molecule has 0 saturated carbocycles. The lowest BCUT2D eigenvalue weighted by atomic mass is 10.1. The average Bonchev–Trinajstić information content (AvgIpc) is 2.43. The molecule has 0 fully saturated rings. The molecule has 0 aliphatic carbocycles. The number of benzene rings is 1. The van der Waals surface area contributed by atoms with Gasteiger partial charge in [0.1, 0.15) is 5.75 Å². The largest absolute Gasteiger partial charge is 0.437 e. The highest BCUT2D eigenvalue weighted by atomic mass is 79.9. The Kier molecular flexibility index (Phi) is 4.95. The van der Waals surface area contributed by atoms with Crippen LogP contribution in [0.5, 0.6) is 11.6 Å². The molecular formula is C15H18BrN3O. The molecule has 0 bridgehead atoms. The number of ether oxygens (including phenoxy) is 1. The summed E-state index contributed by atoms with van der Waals surface area (Å²) in [4.78, 5) is 8.59. The molecule has 0 aliphatic heterocycles. The molecule has 20 heavy (non-hydrogen) atoms. The van der Waals surface area contributed by atoms with E-state index in [1.54, 1.807) is 6.20 Å². The normalized spacial score (nSPS) is 10.4. The zero-order valence-electron chi connectivity index (χ0n) is 11.9. The molecule has 0 atom stereocenters. The highest BCUT2D eigenvalue weighted by Crippen LogP contribution is 2.30. The van der Waals surface area contributed by atoms with Crippen molar-refractivity contribution < 1.29 is 4.74 Å². The maximum atomic E-state index is 5.90. The molecular weight excluding hydrogens is 318 g/mol. The third kappa shape index (κ3) is 3.70. The van der Waals surface area contributed by atoms with Crippen molar-refractivity contribution in [2.45, 2.75) is 27.2 Å². The van der Waals surface area contributed by atoms with Gasteiger partial charge in [-0.3, -0.25) is 0 Å². The summed E-state index contributed by atoms with van der Waals surface area (Å²) in [5, 5.41) is 3.15. The molecule has 0 aliphatic rings. The monoisotopic (exact) mass is 335 g/mol. The fraction of sp³-hybridized carbons (Fsp3) is 0.333. The van der Waals surface area contributed by atoms with Crippen LogP contribution in [-0.2, 0) is 0 Å². The molecule has 2 aromatic rings. The highest BCUT2D eigenvalue weighted by Gasteiger charge is 2.09. The van der Waals surface area contributed by atoms with Crippen LogP contribution in [0.1, 0.15) is 24.5 Å². The minimum atomic E-state index is 0.521. The maximum absolute atomic E-state index is 5.90. The van der Waals surface area contributed by atoms with Gasteiger partial charge in [0.2, 0.25) is 11.8 Å². The van der Waals surface area contributed by atoms with E-state index in [0.29, 0.717) is 11.8 Å². The second kappa shape index (κ2) is 6.70. The SMILES string of the molecule is CCCNc1ncc(Br)c(Oc2cc(C)ccc2C)n1. The van der Waals surface area contributed by atoms with Crippen molar-refractivity contribution in [3.05, 3.63) is 40.0 Å². The summed E-state index contributed by atoms with van der Waals surface area (Å²) < 4.78 is 6.64. The standard InChI is InChI=1S/C15H18BrN3O/c1-4-7-17-15-18-9-12(16)14(19-15)20-13-8-10(2)5-6-11(13)3/h5-6,8-9H,4,7H2,1-3H3,(H,17,18,19). The summed E-state index contributed by atoms with van der Waals surface area (Å²) in [5.41, 5.74) is 2.23. The zero-order chi connectivity index (χ0) is 14.5. The van der Waals surface area contributed by atoms with Gasteiger partial charge in [-0.2, -0.15) is 4.98 Å². The van der Waals surface area contributed by atoms with Gasteiger partial charge in [0.25, 0.3) is 0 Å². The number of aromatic nitrogens is 2. The number of nitrogens with one attached hydrogen (secondary N) is 1. The van der Waals surface area contributed by atoms with Crippen molar-refractivity contribution in [1.29, 1.82) is 0 Å². The van der Waals surface area contributed by atoms with Crippen molar-refractivity contribution in [2.75, 3.05) is 11.9 Å². The number of hydrogen-bond donors (Lipinski definition) is 1. The second-order valence-electron chi connectivity index (χ2n) is 4.64. The minimum Gasteiger partial charge on any atom is -0.437 e. The van der Waals surface area contributed by atoms with Crippen LogP contribution < -0.4 is 10.1 Å². The third-order valence-electron chi connectivity index (χ3n) is 2.80. The predicted octanol–water partition coefficient (Wildman–Crippen LogP) is 4.47. The molecule has 0 unspecified atom stereocenters. The first-order valence-corrected chi connectivity index (χ1v) is 7.41. The van der Waals surface area contributed by atoms with Crippen LogP contribution in [0, 0.1) is 13.8 Å². The van der Waals surface area contributed by atoms with Crippen LogP contribution in [0.25, 0.3) is 0 Å². The molecule has 0 saturated heterocycles. The first-order valence-electron chi connectivity index (χ1n) is 6.61. The Hall–Kier alpha value is -1.62. The third-order valence-corrected chi connectivity index (χ3v) is 3.34. The van der Waals surface area contributed by atoms with Crippen molar-refractivity contribution in [2.24, 2.45) is 0 Å². The molecule has 0 amide bonds. The van der Waals surface area contributed by atoms with Gasteiger partial charge in [-0.15, -0.1) is 0 Å². The van der Waals surface area contributed by atoms with E-state index < -0.39 is 0 Å². The van der Waals surface area contributed by atoms with Crippen molar-refractivity contribution in [3.8, 4) is 11.6 Å². The molecule has 5 heteroatoms. The van der Waals surface area contributed by atoms with Gasteiger partial charge in [0.15, 0.2) is 0 Å². The first-order chi connectivity index (χ1) is 9.60. The van der Waals surface area contributed by atoms with E-state index in [0.717, 1.165) is 34.3 Å². The summed E-state index contributed by atoms with van der Waals surface area (Å²) >= 11 is 3.42. The van der Waals surface area contributed by atoms with Crippen LogP contribution in [0.15, 0.2) is 28.9 Å². The van der Waals surface area contributed by atoms with E-state index in [-0.39, 0.29) is 0 Å². The lowest BCUT2D eigenvalue weighted by Gasteiger charge is -2.11. The lowest BCUT2D eigenvalue weighted by molar-refractivity contribution is 0.455. The number of halogens is 1. The van der Waals surface area contributed by atoms with Crippen LogP contribution in [0.3, 0.4) is 0 Å².